The van der Waals surface area contributed by atoms with E-state index < -0.39 is 11.7 Å². The zero-order chi connectivity index (χ0) is 23.8. The molecule has 1 aliphatic rings. The summed E-state index contributed by atoms with van der Waals surface area (Å²) in [6, 6.07) is 15.2. The fraction of sp³-hybridized carbons (Fsp3) is 0.440. The van der Waals surface area contributed by atoms with E-state index in [1.807, 2.05) is 69.3 Å². The van der Waals surface area contributed by atoms with Crippen molar-refractivity contribution in [3.63, 3.8) is 0 Å². The number of halogens is 1. The predicted octanol–water partition coefficient (Wildman–Crippen LogP) is 5.15. The lowest BCUT2D eigenvalue weighted by Gasteiger charge is -2.35. The molecule has 2 aromatic rings. The van der Waals surface area contributed by atoms with Crippen molar-refractivity contribution in [3.05, 3.63) is 64.7 Å². The second-order valence-electron chi connectivity index (χ2n) is 8.88. The van der Waals surface area contributed by atoms with Crippen LogP contribution in [0.1, 0.15) is 31.9 Å². The van der Waals surface area contributed by atoms with Crippen LogP contribution in [0.5, 0.6) is 5.75 Å². The van der Waals surface area contributed by atoms with E-state index in [0.29, 0.717) is 37.8 Å². The number of hydrogen-bond acceptors (Lipinski definition) is 5. The van der Waals surface area contributed by atoms with Crippen molar-refractivity contribution in [2.45, 2.75) is 39.4 Å². The number of ether oxygens (including phenoxy) is 3. The van der Waals surface area contributed by atoms with Gasteiger partial charge in [-0.2, -0.15) is 0 Å². The van der Waals surface area contributed by atoms with Crippen molar-refractivity contribution >= 4 is 23.8 Å². The second-order valence-corrected chi connectivity index (χ2v) is 9.32. The molecule has 33 heavy (non-hydrogen) atoms. The first-order valence-electron chi connectivity index (χ1n) is 11.1. The first-order valence-corrected chi connectivity index (χ1v) is 11.4. The summed E-state index contributed by atoms with van der Waals surface area (Å²) in [5.41, 5.74) is 1.41. The quantitative estimate of drug-likeness (QED) is 0.579. The Bertz CT molecular complexity index is 952. The minimum Gasteiger partial charge on any atom is -0.493 e. The maximum Gasteiger partial charge on any atom is 0.410 e. The molecule has 2 aromatic carbocycles. The molecule has 1 heterocycles. The van der Waals surface area contributed by atoms with Crippen LogP contribution < -0.4 is 4.74 Å². The lowest BCUT2D eigenvalue weighted by molar-refractivity contribution is 0.0125. The summed E-state index contributed by atoms with van der Waals surface area (Å²) in [7, 11) is 0. The van der Waals surface area contributed by atoms with Gasteiger partial charge in [-0.3, -0.25) is 0 Å². The number of rotatable bonds is 6. The molecule has 0 unspecified atom stereocenters. The van der Waals surface area contributed by atoms with E-state index in [9.17, 15) is 9.59 Å². The maximum absolute atomic E-state index is 12.4. The zero-order valence-electron chi connectivity index (χ0n) is 19.4. The van der Waals surface area contributed by atoms with Gasteiger partial charge >= 0.3 is 12.2 Å². The first kappa shape index (κ1) is 24.7. The maximum atomic E-state index is 12.4. The van der Waals surface area contributed by atoms with Crippen LogP contribution in [-0.2, 0) is 22.5 Å². The molecule has 0 N–H and O–H groups in total. The third kappa shape index (κ3) is 8.17. The van der Waals surface area contributed by atoms with Crippen molar-refractivity contribution < 1.29 is 23.8 Å². The van der Waals surface area contributed by atoms with Gasteiger partial charge in [-0.15, -0.1) is 0 Å². The zero-order valence-corrected chi connectivity index (χ0v) is 20.1. The standard InChI is InChI=1S/C25H31ClN2O5/c1-25(2,3)33-24(30)28-13-11-27(12-14-28)23(29)32-18-20-7-5-9-22(17-20)31-15-10-19-6-4-8-21(26)16-19/h4-9,16-17H,10-15,18H2,1-3H3. The number of piperazine rings is 1. The Morgan fingerprint density at radius 2 is 1.55 bits per heavy atom. The normalized spacial score (nSPS) is 14.1. The van der Waals surface area contributed by atoms with Gasteiger partial charge in [0.2, 0.25) is 0 Å². The Balaban J connectivity index is 1.41. The van der Waals surface area contributed by atoms with Gasteiger partial charge in [-0.1, -0.05) is 35.9 Å². The molecule has 8 heteroatoms. The van der Waals surface area contributed by atoms with E-state index in [4.69, 9.17) is 25.8 Å². The Labute approximate surface area is 200 Å². The lowest BCUT2D eigenvalue weighted by atomic mass is 10.2. The van der Waals surface area contributed by atoms with Crippen LogP contribution in [0.25, 0.3) is 0 Å². The number of amides is 2. The van der Waals surface area contributed by atoms with Gasteiger partial charge in [0.05, 0.1) is 6.61 Å². The largest absolute Gasteiger partial charge is 0.493 e. The lowest BCUT2D eigenvalue weighted by Crippen LogP contribution is -2.51. The molecule has 0 bridgehead atoms. The summed E-state index contributed by atoms with van der Waals surface area (Å²) >= 11 is 6.01. The highest BCUT2D eigenvalue weighted by Gasteiger charge is 2.28. The van der Waals surface area contributed by atoms with Crippen LogP contribution in [0.3, 0.4) is 0 Å². The van der Waals surface area contributed by atoms with Gasteiger partial charge in [-0.05, 0) is 56.2 Å². The molecule has 1 fully saturated rings. The average Bonchev–Trinajstić information content (AvgIpc) is 2.77. The van der Waals surface area contributed by atoms with Gasteiger partial charge in [0.1, 0.15) is 18.0 Å². The number of hydrogen-bond donors (Lipinski definition) is 0. The highest BCUT2D eigenvalue weighted by atomic mass is 35.5. The molecular weight excluding hydrogens is 444 g/mol. The van der Waals surface area contributed by atoms with Crippen LogP contribution in [0.15, 0.2) is 48.5 Å². The van der Waals surface area contributed by atoms with Gasteiger partial charge in [-0.25, -0.2) is 9.59 Å². The van der Waals surface area contributed by atoms with Crippen LogP contribution in [0, 0.1) is 0 Å². The van der Waals surface area contributed by atoms with Gasteiger partial charge in [0.15, 0.2) is 0 Å². The molecule has 0 radical (unpaired) electrons. The van der Waals surface area contributed by atoms with Crippen molar-refractivity contribution in [2.75, 3.05) is 32.8 Å². The summed E-state index contributed by atoms with van der Waals surface area (Å²) < 4.78 is 16.7. The molecule has 3 rings (SSSR count). The van der Waals surface area contributed by atoms with E-state index >= 15 is 0 Å². The fourth-order valence-corrected chi connectivity index (χ4v) is 3.55. The van der Waals surface area contributed by atoms with Gasteiger partial charge in [0, 0.05) is 37.6 Å². The molecule has 0 aromatic heterocycles. The molecule has 178 valence electrons. The SMILES string of the molecule is CC(C)(C)OC(=O)N1CCN(C(=O)OCc2cccc(OCCc3cccc(Cl)c3)c2)CC1. The third-order valence-electron chi connectivity index (χ3n) is 5.00. The third-order valence-corrected chi connectivity index (χ3v) is 5.23. The van der Waals surface area contributed by atoms with Crippen molar-refractivity contribution in [1.82, 2.24) is 9.80 Å². The molecule has 0 aliphatic carbocycles. The molecule has 0 atom stereocenters. The van der Waals surface area contributed by atoms with Crippen LogP contribution in [0.4, 0.5) is 9.59 Å². The van der Waals surface area contributed by atoms with Crippen LogP contribution in [-0.4, -0.2) is 60.4 Å². The summed E-state index contributed by atoms with van der Waals surface area (Å²) in [6.07, 6.45) is -0.0106. The number of nitrogens with zero attached hydrogens (tertiary/aromatic N) is 2. The summed E-state index contributed by atoms with van der Waals surface area (Å²) in [6.45, 7) is 7.81. The fourth-order valence-electron chi connectivity index (χ4n) is 3.34. The first-order chi connectivity index (χ1) is 15.7. The molecule has 7 nitrogen and oxygen atoms in total. The monoisotopic (exact) mass is 474 g/mol. The van der Waals surface area contributed by atoms with E-state index in [1.165, 1.54) is 0 Å². The summed E-state index contributed by atoms with van der Waals surface area (Å²) in [5, 5.41) is 0.711. The van der Waals surface area contributed by atoms with Gasteiger partial charge < -0.3 is 24.0 Å². The Hall–Kier alpha value is -2.93. The van der Waals surface area contributed by atoms with Crippen molar-refractivity contribution in [1.29, 1.82) is 0 Å². The van der Waals surface area contributed by atoms with Gasteiger partial charge in [0.25, 0.3) is 0 Å². The van der Waals surface area contributed by atoms with E-state index in [-0.39, 0.29) is 12.7 Å². The number of carbonyl (C=O) groups is 2. The molecule has 1 aliphatic heterocycles. The topological polar surface area (TPSA) is 68.3 Å². The smallest absolute Gasteiger partial charge is 0.410 e. The molecule has 0 spiro atoms. The van der Waals surface area contributed by atoms with Crippen molar-refractivity contribution in [3.8, 4) is 5.75 Å². The molecule has 1 saturated heterocycles. The van der Waals surface area contributed by atoms with E-state index in [2.05, 4.69) is 0 Å². The number of carbonyl (C=O) groups excluding carboxylic acids is 2. The second kappa shape index (κ2) is 11.3. The number of benzene rings is 2. The molecule has 2 amide bonds. The Kier molecular flexibility index (Phi) is 8.44. The highest BCUT2D eigenvalue weighted by molar-refractivity contribution is 6.30. The predicted molar refractivity (Wildman–Crippen MR) is 127 cm³/mol. The van der Waals surface area contributed by atoms with E-state index in [1.54, 1.807) is 9.80 Å². The van der Waals surface area contributed by atoms with Crippen LogP contribution in [0.2, 0.25) is 5.02 Å². The van der Waals surface area contributed by atoms with Crippen molar-refractivity contribution in [2.24, 2.45) is 0 Å². The Morgan fingerprint density at radius 1 is 0.909 bits per heavy atom. The Morgan fingerprint density at radius 3 is 2.21 bits per heavy atom. The minimum atomic E-state index is -0.541. The summed E-state index contributed by atoms with van der Waals surface area (Å²) in [5.74, 6) is 0.719. The molecule has 0 saturated carbocycles. The highest BCUT2D eigenvalue weighted by Crippen LogP contribution is 2.17. The molecular formula is C25H31ClN2O5. The van der Waals surface area contributed by atoms with E-state index in [0.717, 1.165) is 23.3 Å². The average molecular weight is 475 g/mol. The van der Waals surface area contributed by atoms with Crippen LogP contribution >= 0.6 is 11.6 Å². The minimum absolute atomic E-state index is 0.149. The summed E-state index contributed by atoms with van der Waals surface area (Å²) in [4.78, 5) is 27.8.